The summed E-state index contributed by atoms with van der Waals surface area (Å²) in [6.45, 7) is 2.26. The fourth-order valence-corrected chi connectivity index (χ4v) is 4.54. The number of nitrogens with one attached hydrogen (secondary N) is 2. The van der Waals surface area contributed by atoms with Crippen LogP contribution in [0, 0.1) is 11.8 Å². The van der Waals surface area contributed by atoms with Crippen molar-refractivity contribution >= 4 is 27.8 Å². The highest BCUT2D eigenvalue weighted by atomic mass is 16.3. The topological polar surface area (TPSA) is 84.0 Å². The number of carbonyl (C=O) groups excluding carboxylic acids is 1. The number of amides is 1. The first-order valence-electron chi connectivity index (χ1n) is 11.5. The van der Waals surface area contributed by atoms with Crippen molar-refractivity contribution in [1.29, 1.82) is 0 Å². The van der Waals surface area contributed by atoms with E-state index in [4.69, 9.17) is 10.2 Å². The maximum absolute atomic E-state index is 13.8. The minimum Gasteiger partial charge on any atom is -0.461 e. The van der Waals surface area contributed by atoms with Crippen molar-refractivity contribution in [2.45, 2.75) is 19.4 Å². The van der Waals surface area contributed by atoms with Crippen LogP contribution >= 0.6 is 0 Å². The predicted molar refractivity (Wildman–Crippen MR) is 136 cm³/mol. The summed E-state index contributed by atoms with van der Waals surface area (Å²) in [5.74, 6) is 0.570. The van der Waals surface area contributed by atoms with Gasteiger partial charge in [-0.2, -0.15) is 0 Å². The summed E-state index contributed by atoms with van der Waals surface area (Å²) in [5, 5.41) is 5.31. The molecular weight excluding hydrogens is 422 g/mol. The first kappa shape index (κ1) is 22.0. The van der Waals surface area contributed by atoms with E-state index < -0.39 is 5.41 Å². The van der Waals surface area contributed by atoms with E-state index in [-0.39, 0.29) is 11.9 Å². The number of aromatic amines is 1. The van der Waals surface area contributed by atoms with E-state index in [0.717, 1.165) is 33.0 Å². The normalized spacial score (nSPS) is 14.2. The third-order valence-electron chi connectivity index (χ3n) is 6.40. The molecule has 0 fully saturated rings. The van der Waals surface area contributed by atoms with Crippen LogP contribution in [0.1, 0.15) is 29.9 Å². The number of fused-ring (bicyclic) bond motifs is 2. The molecule has 5 aromatic rings. The molecule has 2 aromatic heterocycles. The quantitative estimate of drug-likeness (QED) is 0.291. The van der Waals surface area contributed by atoms with Crippen LogP contribution in [0.2, 0.25) is 0 Å². The fourth-order valence-electron chi connectivity index (χ4n) is 4.54. The molecule has 1 amide bonds. The minimum atomic E-state index is -0.874. The summed E-state index contributed by atoms with van der Waals surface area (Å²) < 4.78 is 6.07. The number of aromatic nitrogens is 1. The number of rotatable bonds is 8. The van der Waals surface area contributed by atoms with Gasteiger partial charge in [0.15, 0.2) is 0 Å². The first-order valence-corrected chi connectivity index (χ1v) is 11.5. The maximum Gasteiger partial charge on any atom is 0.227 e. The first-order chi connectivity index (χ1) is 16.6. The number of para-hydroxylation sites is 2. The molecule has 0 saturated carbocycles. The highest BCUT2D eigenvalue weighted by Crippen LogP contribution is 2.35. The van der Waals surface area contributed by atoms with E-state index in [2.05, 4.69) is 16.4 Å². The van der Waals surface area contributed by atoms with Crippen LogP contribution in [0.4, 0.5) is 0 Å². The second-order valence-corrected chi connectivity index (χ2v) is 8.96. The molecule has 171 valence electrons. The van der Waals surface area contributed by atoms with Crippen LogP contribution in [-0.2, 0) is 11.2 Å². The zero-order valence-corrected chi connectivity index (χ0v) is 19.1. The lowest BCUT2D eigenvalue weighted by atomic mass is 9.78. The Bertz CT molecular complexity index is 1390. The summed E-state index contributed by atoms with van der Waals surface area (Å²) in [7, 11) is 0. The van der Waals surface area contributed by atoms with Gasteiger partial charge in [0.1, 0.15) is 11.3 Å². The average Bonchev–Trinajstić information content (AvgIpc) is 3.46. The Hall–Kier alpha value is -3.83. The Labute approximate surface area is 199 Å². The van der Waals surface area contributed by atoms with Gasteiger partial charge in [-0.05, 0) is 42.7 Å². The van der Waals surface area contributed by atoms with E-state index in [1.54, 1.807) is 0 Å². The molecule has 2 heterocycles. The number of hydrogen-bond donors (Lipinski definition) is 3. The molecule has 0 spiro atoms. The Kier molecular flexibility index (Phi) is 5.95. The van der Waals surface area contributed by atoms with Crippen molar-refractivity contribution in [1.82, 2.24) is 10.3 Å². The van der Waals surface area contributed by atoms with E-state index in [9.17, 15) is 4.79 Å². The summed E-state index contributed by atoms with van der Waals surface area (Å²) >= 11 is 0. The van der Waals surface area contributed by atoms with Gasteiger partial charge in [-0.1, -0.05) is 66.7 Å². The Balaban J connectivity index is 1.49. The van der Waals surface area contributed by atoms with Gasteiger partial charge in [0.2, 0.25) is 5.91 Å². The van der Waals surface area contributed by atoms with Gasteiger partial charge in [0, 0.05) is 35.5 Å². The second-order valence-electron chi connectivity index (χ2n) is 8.96. The Morgan fingerprint density at radius 2 is 1.79 bits per heavy atom. The van der Waals surface area contributed by atoms with Crippen molar-refractivity contribution in [2.75, 3.05) is 6.54 Å². The summed E-state index contributed by atoms with van der Waals surface area (Å²) in [6.07, 6.45) is 4.43. The third-order valence-corrected chi connectivity index (χ3v) is 6.40. The van der Waals surface area contributed by atoms with Crippen molar-refractivity contribution in [3.05, 3.63) is 114 Å². The van der Waals surface area contributed by atoms with Crippen molar-refractivity contribution < 1.29 is 9.21 Å². The summed E-state index contributed by atoms with van der Waals surface area (Å²) in [6, 6.07) is 27.5. The minimum absolute atomic E-state index is 0.0995. The van der Waals surface area contributed by atoms with Crippen LogP contribution < -0.4 is 11.1 Å². The highest BCUT2D eigenvalue weighted by Gasteiger charge is 2.37. The molecule has 0 aliphatic heterocycles. The smallest absolute Gasteiger partial charge is 0.227 e. The van der Waals surface area contributed by atoms with Crippen molar-refractivity contribution in [2.24, 2.45) is 11.1 Å². The van der Waals surface area contributed by atoms with Crippen LogP contribution in [-0.4, -0.2) is 17.4 Å². The number of benzene rings is 3. The molecule has 0 bridgehead atoms. The van der Waals surface area contributed by atoms with Gasteiger partial charge < -0.3 is 20.5 Å². The van der Waals surface area contributed by atoms with Crippen LogP contribution in [0.3, 0.4) is 0 Å². The summed E-state index contributed by atoms with van der Waals surface area (Å²) in [4.78, 5) is 17.2. The number of carbonyl (C=O) groups is 1. The molecule has 0 aliphatic rings. The largest absolute Gasteiger partial charge is 0.461 e. The van der Waals surface area contributed by atoms with Gasteiger partial charge in [0.25, 0.3) is 0 Å². The lowest BCUT2D eigenvalue weighted by molar-refractivity contribution is -0.129. The van der Waals surface area contributed by atoms with E-state index in [0.29, 0.717) is 18.7 Å². The standard InChI is InChI=1S/C29H28N3O2/c1-29(16-22-19-31-25-13-7-6-12-24(22)25,17-23-15-21-11-5-8-14-27(21)34-23)28(33)32-26(18-30)20-9-3-2-4-10-20/h2-15,17,19,26,31H,16,18,30H2,1H3,(H,32,33). The van der Waals surface area contributed by atoms with E-state index in [1.165, 1.54) is 0 Å². The zero-order valence-electron chi connectivity index (χ0n) is 19.1. The van der Waals surface area contributed by atoms with Gasteiger partial charge in [0.05, 0.1) is 11.5 Å². The van der Waals surface area contributed by atoms with Crippen molar-refractivity contribution in [3.63, 3.8) is 0 Å². The van der Waals surface area contributed by atoms with E-state index >= 15 is 0 Å². The van der Waals surface area contributed by atoms with Crippen LogP contribution in [0.15, 0.2) is 95.5 Å². The SMILES string of the molecule is CC([CH]c1cc2ccccc2o1)(Cc1c[nH]c2ccccc12)C(=O)NC(CN)c1ccccc1. The lowest BCUT2D eigenvalue weighted by Crippen LogP contribution is -2.44. The molecule has 34 heavy (non-hydrogen) atoms. The lowest BCUT2D eigenvalue weighted by Gasteiger charge is -2.30. The zero-order chi connectivity index (χ0) is 23.5. The molecule has 0 saturated heterocycles. The third kappa shape index (κ3) is 4.35. The van der Waals surface area contributed by atoms with E-state index in [1.807, 2.05) is 98.4 Å². The molecule has 5 nitrogen and oxygen atoms in total. The maximum atomic E-state index is 13.8. The molecule has 5 rings (SSSR count). The number of furan rings is 1. The molecule has 2 atom stereocenters. The molecule has 1 radical (unpaired) electrons. The number of hydrogen-bond acceptors (Lipinski definition) is 3. The summed E-state index contributed by atoms with van der Waals surface area (Å²) in [5.41, 5.74) is 9.09. The predicted octanol–water partition coefficient (Wildman–Crippen LogP) is 5.53. The molecule has 3 aromatic carbocycles. The number of nitrogens with two attached hydrogens (primary N) is 1. The van der Waals surface area contributed by atoms with Gasteiger partial charge >= 0.3 is 0 Å². The van der Waals surface area contributed by atoms with Crippen molar-refractivity contribution in [3.8, 4) is 0 Å². The van der Waals surface area contributed by atoms with Gasteiger partial charge in [-0.3, -0.25) is 4.79 Å². The Morgan fingerprint density at radius 1 is 1.06 bits per heavy atom. The van der Waals surface area contributed by atoms with Crippen LogP contribution in [0.5, 0.6) is 0 Å². The fraction of sp³-hybridized carbons (Fsp3) is 0.172. The molecule has 0 aliphatic carbocycles. The Morgan fingerprint density at radius 3 is 2.59 bits per heavy atom. The highest BCUT2D eigenvalue weighted by molar-refractivity contribution is 5.88. The van der Waals surface area contributed by atoms with Gasteiger partial charge in [-0.15, -0.1) is 0 Å². The molecule has 5 heteroatoms. The molecule has 2 unspecified atom stereocenters. The molecule has 4 N–H and O–H groups in total. The monoisotopic (exact) mass is 450 g/mol. The molecular formula is C29H28N3O2. The average molecular weight is 451 g/mol. The number of H-pyrrole nitrogens is 1. The van der Waals surface area contributed by atoms with Gasteiger partial charge in [-0.25, -0.2) is 0 Å². The van der Waals surface area contributed by atoms with Crippen LogP contribution in [0.25, 0.3) is 21.9 Å². The second kappa shape index (κ2) is 9.20.